The molecule has 0 spiro atoms. The average molecular weight is 354 g/mol. The summed E-state index contributed by atoms with van der Waals surface area (Å²) >= 11 is 2.79. The summed E-state index contributed by atoms with van der Waals surface area (Å²) in [4.78, 5) is 20.6. The van der Waals surface area contributed by atoms with Crippen LogP contribution in [0.2, 0.25) is 0 Å². The first-order chi connectivity index (χ1) is 10.6. The van der Waals surface area contributed by atoms with Crippen LogP contribution in [-0.2, 0) is 19.1 Å². The SMILES string of the molecule is CCC(COCCCSCC(=O)O)OCCCSCC(=O)O. The van der Waals surface area contributed by atoms with Crippen LogP contribution in [0.25, 0.3) is 0 Å². The topological polar surface area (TPSA) is 93.1 Å². The molecule has 0 aliphatic rings. The highest BCUT2D eigenvalue weighted by atomic mass is 32.2. The van der Waals surface area contributed by atoms with Gasteiger partial charge in [0.1, 0.15) is 0 Å². The highest BCUT2D eigenvalue weighted by molar-refractivity contribution is 8.00. The fraction of sp³-hybridized carbons (Fsp3) is 0.857. The summed E-state index contributed by atoms with van der Waals surface area (Å²) in [6.45, 7) is 3.81. The van der Waals surface area contributed by atoms with E-state index in [1.54, 1.807) is 0 Å². The van der Waals surface area contributed by atoms with Crippen LogP contribution in [0.4, 0.5) is 0 Å². The minimum atomic E-state index is -0.785. The van der Waals surface area contributed by atoms with Gasteiger partial charge in [-0.05, 0) is 30.8 Å². The predicted octanol–water partition coefficient (Wildman–Crippen LogP) is 2.21. The lowest BCUT2D eigenvalue weighted by atomic mass is 10.3. The molecular weight excluding hydrogens is 328 g/mol. The number of thioether (sulfide) groups is 2. The molecule has 0 bridgehead atoms. The molecule has 0 aliphatic heterocycles. The Balaban J connectivity index is 3.39. The van der Waals surface area contributed by atoms with Crippen LogP contribution in [-0.4, -0.2) is 71.1 Å². The fourth-order valence-electron chi connectivity index (χ4n) is 1.49. The van der Waals surface area contributed by atoms with Crippen molar-refractivity contribution < 1.29 is 29.3 Å². The number of carboxylic acids is 2. The van der Waals surface area contributed by atoms with E-state index in [4.69, 9.17) is 19.7 Å². The van der Waals surface area contributed by atoms with Crippen LogP contribution < -0.4 is 0 Å². The highest BCUT2D eigenvalue weighted by Crippen LogP contribution is 2.06. The molecule has 0 fully saturated rings. The minimum absolute atomic E-state index is 0.0659. The normalized spacial score (nSPS) is 12.2. The molecule has 0 aromatic rings. The Morgan fingerprint density at radius 1 is 1.00 bits per heavy atom. The van der Waals surface area contributed by atoms with Gasteiger partial charge in [-0.25, -0.2) is 0 Å². The molecule has 0 saturated carbocycles. The van der Waals surface area contributed by atoms with Gasteiger partial charge in [0, 0.05) is 13.2 Å². The summed E-state index contributed by atoms with van der Waals surface area (Å²) in [6.07, 6.45) is 2.60. The van der Waals surface area contributed by atoms with E-state index in [-0.39, 0.29) is 17.6 Å². The Hall–Kier alpha value is -0.440. The van der Waals surface area contributed by atoms with E-state index in [0.29, 0.717) is 19.8 Å². The number of carbonyl (C=O) groups is 2. The van der Waals surface area contributed by atoms with E-state index < -0.39 is 11.9 Å². The van der Waals surface area contributed by atoms with Gasteiger partial charge in [0.05, 0.1) is 24.2 Å². The zero-order chi connectivity index (χ0) is 16.6. The van der Waals surface area contributed by atoms with E-state index in [1.165, 1.54) is 23.5 Å². The largest absolute Gasteiger partial charge is 0.481 e. The molecule has 1 atom stereocenters. The first kappa shape index (κ1) is 21.6. The first-order valence-electron chi connectivity index (χ1n) is 7.34. The average Bonchev–Trinajstić information content (AvgIpc) is 2.46. The van der Waals surface area contributed by atoms with Gasteiger partial charge in [0.15, 0.2) is 0 Å². The molecule has 130 valence electrons. The molecule has 0 rings (SSSR count). The van der Waals surface area contributed by atoms with Crippen LogP contribution in [0, 0.1) is 0 Å². The molecule has 2 N–H and O–H groups in total. The van der Waals surface area contributed by atoms with E-state index in [9.17, 15) is 9.59 Å². The second-order valence-corrected chi connectivity index (χ2v) is 6.79. The zero-order valence-corrected chi connectivity index (χ0v) is 14.6. The van der Waals surface area contributed by atoms with Crippen molar-refractivity contribution in [2.24, 2.45) is 0 Å². The highest BCUT2D eigenvalue weighted by Gasteiger charge is 2.07. The maximum Gasteiger partial charge on any atom is 0.313 e. The summed E-state index contributed by atoms with van der Waals surface area (Å²) in [5.74, 6) is 0.273. The van der Waals surface area contributed by atoms with Crippen molar-refractivity contribution in [1.82, 2.24) is 0 Å². The Morgan fingerprint density at radius 3 is 2.05 bits per heavy atom. The Morgan fingerprint density at radius 2 is 1.55 bits per heavy atom. The van der Waals surface area contributed by atoms with Crippen molar-refractivity contribution in [2.75, 3.05) is 42.8 Å². The molecule has 22 heavy (non-hydrogen) atoms. The predicted molar refractivity (Wildman–Crippen MR) is 90.0 cm³/mol. The summed E-state index contributed by atoms with van der Waals surface area (Å²) in [7, 11) is 0. The number of rotatable bonds is 16. The molecule has 0 amide bonds. The lowest BCUT2D eigenvalue weighted by Gasteiger charge is -2.16. The van der Waals surface area contributed by atoms with Gasteiger partial charge in [-0.1, -0.05) is 6.92 Å². The summed E-state index contributed by atoms with van der Waals surface area (Å²) in [5, 5.41) is 17.0. The summed E-state index contributed by atoms with van der Waals surface area (Å²) in [6, 6.07) is 0. The second-order valence-electron chi connectivity index (χ2n) is 4.58. The minimum Gasteiger partial charge on any atom is -0.481 e. The second kappa shape index (κ2) is 15.5. The quantitative estimate of drug-likeness (QED) is 0.408. The van der Waals surface area contributed by atoms with Gasteiger partial charge in [-0.15, -0.1) is 0 Å². The van der Waals surface area contributed by atoms with Crippen molar-refractivity contribution in [2.45, 2.75) is 32.3 Å². The maximum atomic E-state index is 10.3. The maximum absolute atomic E-state index is 10.3. The molecule has 0 aliphatic carbocycles. The van der Waals surface area contributed by atoms with Gasteiger partial charge >= 0.3 is 11.9 Å². The summed E-state index contributed by atoms with van der Waals surface area (Å²) in [5.41, 5.74) is 0. The number of aliphatic carboxylic acids is 2. The van der Waals surface area contributed by atoms with Gasteiger partial charge in [0.2, 0.25) is 0 Å². The molecular formula is C14H26O6S2. The zero-order valence-electron chi connectivity index (χ0n) is 13.0. The molecule has 0 saturated heterocycles. The fourth-order valence-corrected chi connectivity index (χ4v) is 2.77. The molecule has 8 heteroatoms. The molecule has 0 radical (unpaired) electrons. The number of hydrogen-bond acceptors (Lipinski definition) is 6. The number of carboxylic acid groups (broad SMARTS) is 2. The van der Waals surface area contributed by atoms with Crippen molar-refractivity contribution >= 4 is 35.5 Å². The molecule has 6 nitrogen and oxygen atoms in total. The third kappa shape index (κ3) is 15.9. The Kier molecular flexibility index (Phi) is 15.1. The van der Waals surface area contributed by atoms with Crippen molar-refractivity contribution in [1.29, 1.82) is 0 Å². The van der Waals surface area contributed by atoms with Gasteiger partial charge in [-0.2, -0.15) is 23.5 Å². The first-order valence-corrected chi connectivity index (χ1v) is 9.65. The molecule has 0 aromatic carbocycles. The van der Waals surface area contributed by atoms with E-state index in [0.717, 1.165) is 30.8 Å². The van der Waals surface area contributed by atoms with Gasteiger partial charge < -0.3 is 19.7 Å². The van der Waals surface area contributed by atoms with Crippen molar-refractivity contribution in [3.63, 3.8) is 0 Å². The molecule has 0 aromatic heterocycles. The number of ether oxygens (including phenoxy) is 2. The van der Waals surface area contributed by atoms with Crippen molar-refractivity contribution in [3.05, 3.63) is 0 Å². The Labute approximate surface area is 140 Å². The van der Waals surface area contributed by atoms with Crippen LogP contribution >= 0.6 is 23.5 Å². The van der Waals surface area contributed by atoms with Crippen LogP contribution in [0.1, 0.15) is 26.2 Å². The van der Waals surface area contributed by atoms with Crippen LogP contribution in [0.3, 0.4) is 0 Å². The Bertz CT molecular complexity index is 301. The monoisotopic (exact) mass is 354 g/mol. The number of hydrogen-bond donors (Lipinski definition) is 2. The van der Waals surface area contributed by atoms with Crippen LogP contribution in [0.5, 0.6) is 0 Å². The summed E-state index contributed by atoms with van der Waals surface area (Å²) < 4.78 is 11.2. The third-order valence-electron chi connectivity index (χ3n) is 2.57. The lowest BCUT2D eigenvalue weighted by molar-refractivity contribution is -0.134. The third-order valence-corrected chi connectivity index (χ3v) is 4.63. The van der Waals surface area contributed by atoms with E-state index in [2.05, 4.69) is 0 Å². The molecule has 1 unspecified atom stereocenters. The van der Waals surface area contributed by atoms with Gasteiger partial charge in [-0.3, -0.25) is 9.59 Å². The van der Waals surface area contributed by atoms with E-state index in [1.807, 2.05) is 6.92 Å². The van der Waals surface area contributed by atoms with Crippen molar-refractivity contribution in [3.8, 4) is 0 Å². The van der Waals surface area contributed by atoms with Crippen LogP contribution in [0.15, 0.2) is 0 Å². The smallest absolute Gasteiger partial charge is 0.313 e. The van der Waals surface area contributed by atoms with Gasteiger partial charge in [0.25, 0.3) is 0 Å². The van der Waals surface area contributed by atoms with E-state index >= 15 is 0 Å². The standard InChI is InChI=1S/C14H26O6S2/c1-2-12(20-6-4-8-22-11-14(17)18)9-19-5-3-7-21-10-13(15)16/h12H,2-11H2,1H3,(H,15,16)(H,17,18). The molecule has 0 heterocycles. The lowest BCUT2D eigenvalue weighted by Crippen LogP contribution is -2.20.